The van der Waals surface area contributed by atoms with Gasteiger partial charge in [-0.05, 0) is 30.9 Å². The van der Waals surface area contributed by atoms with E-state index in [1.807, 2.05) is 12.3 Å². The Morgan fingerprint density at radius 1 is 1.15 bits per heavy atom. The standard InChI is InChI=1S/C11H17NO/c13-9-4-2-1-3-6-11-7-5-8-12-10-11/h5,7-8,10,13H,1-4,6,9H2. The fourth-order valence-electron chi connectivity index (χ4n) is 1.34. The van der Waals surface area contributed by atoms with Crippen LogP contribution < -0.4 is 0 Å². The van der Waals surface area contributed by atoms with Crippen LogP contribution in [-0.2, 0) is 6.42 Å². The Labute approximate surface area is 79.6 Å². The van der Waals surface area contributed by atoms with Gasteiger partial charge < -0.3 is 5.11 Å². The minimum absolute atomic E-state index is 0.326. The zero-order valence-corrected chi connectivity index (χ0v) is 7.95. The highest BCUT2D eigenvalue weighted by molar-refractivity contribution is 5.08. The lowest BCUT2D eigenvalue weighted by molar-refractivity contribution is 0.282. The molecule has 0 atom stereocenters. The van der Waals surface area contributed by atoms with Crippen molar-refractivity contribution in [3.8, 4) is 0 Å². The van der Waals surface area contributed by atoms with Crippen LogP contribution in [-0.4, -0.2) is 16.7 Å². The lowest BCUT2D eigenvalue weighted by atomic mass is 10.1. The number of rotatable bonds is 6. The van der Waals surface area contributed by atoms with Crippen LogP contribution in [0.1, 0.15) is 31.2 Å². The molecule has 0 aliphatic rings. The third-order valence-corrected chi connectivity index (χ3v) is 2.10. The number of aromatic nitrogens is 1. The van der Waals surface area contributed by atoms with Gasteiger partial charge in [0.15, 0.2) is 0 Å². The average Bonchev–Trinajstić information content (AvgIpc) is 2.19. The predicted molar refractivity (Wildman–Crippen MR) is 53.5 cm³/mol. The van der Waals surface area contributed by atoms with E-state index in [1.54, 1.807) is 6.20 Å². The Morgan fingerprint density at radius 3 is 2.69 bits per heavy atom. The third kappa shape index (κ3) is 4.63. The quantitative estimate of drug-likeness (QED) is 0.679. The number of nitrogens with zero attached hydrogens (tertiary/aromatic N) is 1. The first-order valence-electron chi connectivity index (χ1n) is 4.93. The maximum Gasteiger partial charge on any atom is 0.0431 e. The molecule has 0 fully saturated rings. The van der Waals surface area contributed by atoms with Gasteiger partial charge in [-0.2, -0.15) is 0 Å². The highest BCUT2D eigenvalue weighted by atomic mass is 16.2. The van der Waals surface area contributed by atoms with Crippen LogP contribution in [0, 0.1) is 0 Å². The van der Waals surface area contributed by atoms with Crippen LogP contribution in [0.3, 0.4) is 0 Å². The van der Waals surface area contributed by atoms with E-state index in [9.17, 15) is 0 Å². The molecule has 1 N–H and O–H groups in total. The molecule has 0 bridgehead atoms. The normalized spacial score (nSPS) is 10.2. The molecule has 1 heterocycles. The maximum absolute atomic E-state index is 8.57. The van der Waals surface area contributed by atoms with Gasteiger partial charge in [-0.1, -0.05) is 18.9 Å². The summed E-state index contributed by atoms with van der Waals surface area (Å²) in [5, 5.41) is 8.57. The average molecular weight is 179 g/mol. The molecule has 72 valence electrons. The van der Waals surface area contributed by atoms with E-state index in [2.05, 4.69) is 11.1 Å². The van der Waals surface area contributed by atoms with E-state index < -0.39 is 0 Å². The minimum Gasteiger partial charge on any atom is -0.396 e. The lowest BCUT2D eigenvalue weighted by Gasteiger charge is -1.99. The molecule has 0 aliphatic heterocycles. The van der Waals surface area contributed by atoms with Gasteiger partial charge in [-0.15, -0.1) is 0 Å². The summed E-state index contributed by atoms with van der Waals surface area (Å²) < 4.78 is 0. The van der Waals surface area contributed by atoms with Gasteiger partial charge in [0.2, 0.25) is 0 Å². The third-order valence-electron chi connectivity index (χ3n) is 2.10. The molecular weight excluding hydrogens is 162 g/mol. The molecule has 2 nitrogen and oxygen atoms in total. The molecule has 0 radical (unpaired) electrons. The van der Waals surface area contributed by atoms with Crippen molar-refractivity contribution in [2.75, 3.05) is 6.61 Å². The van der Waals surface area contributed by atoms with Crippen molar-refractivity contribution < 1.29 is 5.11 Å². The van der Waals surface area contributed by atoms with E-state index in [-0.39, 0.29) is 0 Å². The smallest absolute Gasteiger partial charge is 0.0431 e. The van der Waals surface area contributed by atoms with Gasteiger partial charge >= 0.3 is 0 Å². The molecule has 0 unspecified atom stereocenters. The molecule has 2 heteroatoms. The molecular formula is C11H17NO. The van der Waals surface area contributed by atoms with Gasteiger partial charge in [0, 0.05) is 19.0 Å². The second-order valence-corrected chi connectivity index (χ2v) is 3.25. The summed E-state index contributed by atoms with van der Waals surface area (Å²) in [6.07, 6.45) is 9.31. The molecule has 0 spiro atoms. The molecule has 13 heavy (non-hydrogen) atoms. The van der Waals surface area contributed by atoms with Crippen molar-refractivity contribution in [3.63, 3.8) is 0 Å². The van der Waals surface area contributed by atoms with Gasteiger partial charge in [-0.25, -0.2) is 0 Å². The Hall–Kier alpha value is -0.890. The second-order valence-electron chi connectivity index (χ2n) is 3.25. The first-order chi connectivity index (χ1) is 6.43. The van der Waals surface area contributed by atoms with Crippen LogP contribution in [0.5, 0.6) is 0 Å². The fraction of sp³-hybridized carbons (Fsp3) is 0.545. The lowest BCUT2D eigenvalue weighted by Crippen LogP contribution is -1.88. The van der Waals surface area contributed by atoms with Gasteiger partial charge in [-0.3, -0.25) is 4.98 Å². The van der Waals surface area contributed by atoms with Crippen molar-refractivity contribution >= 4 is 0 Å². The van der Waals surface area contributed by atoms with Gasteiger partial charge in [0.1, 0.15) is 0 Å². The minimum atomic E-state index is 0.326. The zero-order chi connectivity index (χ0) is 9.36. The zero-order valence-electron chi connectivity index (χ0n) is 7.95. The van der Waals surface area contributed by atoms with Crippen molar-refractivity contribution in [1.29, 1.82) is 0 Å². The molecule has 0 aliphatic carbocycles. The summed E-state index contributed by atoms with van der Waals surface area (Å²) in [5.74, 6) is 0. The highest BCUT2D eigenvalue weighted by Gasteiger charge is 1.92. The number of aliphatic hydroxyl groups excluding tert-OH is 1. The van der Waals surface area contributed by atoms with E-state index in [0.717, 1.165) is 19.3 Å². The number of aryl methyl sites for hydroxylation is 1. The summed E-state index contributed by atoms with van der Waals surface area (Å²) in [6, 6.07) is 4.09. The molecule has 0 aromatic carbocycles. The first kappa shape index (κ1) is 10.2. The fourth-order valence-corrected chi connectivity index (χ4v) is 1.34. The van der Waals surface area contributed by atoms with Crippen LogP contribution in [0.25, 0.3) is 0 Å². The van der Waals surface area contributed by atoms with Crippen molar-refractivity contribution in [2.45, 2.75) is 32.1 Å². The highest BCUT2D eigenvalue weighted by Crippen LogP contribution is 2.05. The molecule has 1 aromatic rings. The van der Waals surface area contributed by atoms with Crippen LogP contribution in [0.15, 0.2) is 24.5 Å². The number of hydrogen-bond acceptors (Lipinski definition) is 2. The summed E-state index contributed by atoms with van der Waals surface area (Å²) in [7, 11) is 0. The monoisotopic (exact) mass is 179 g/mol. The first-order valence-corrected chi connectivity index (χ1v) is 4.93. The SMILES string of the molecule is OCCCCCCc1cccnc1. The van der Waals surface area contributed by atoms with Gasteiger partial charge in [0.25, 0.3) is 0 Å². The molecule has 0 saturated heterocycles. The van der Waals surface area contributed by atoms with Crippen LogP contribution in [0.2, 0.25) is 0 Å². The summed E-state index contributed by atoms with van der Waals surface area (Å²) in [5.41, 5.74) is 1.31. The van der Waals surface area contributed by atoms with Crippen LogP contribution in [0.4, 0.5) is 0 Å². The van der Waals surface area contributed by atoms with E-state index >= 15 is 0 Å². The van der Waals surface area contributed by atoms with E-state index in [0.29, 0.717) is 6.61 Å². The molecule has 1 rings (SSSR count). The van der Waals surface area contributed by atoms with Crippen molar-refractivity contribution in [2.24, 2.45) is 0 Å². The summed E-state index contributed by atoms with van der Waals surface area (Å²) in [4.78, 5) is 4.06. The predicted octanol–water partition coefficient (Wildman–Crippen LogP) is 2.18. The number of pyridine rings is 1. The van der Waals surface area contributed by atoms with E-state index in [1.165, 1.54) is 18.4 Å². The Bertz CT molecular complexity index is 211. The second kappa shape index (κ2) is 6.61. The summed E-state index contributed by atoms with van der Waals surface area (Å²) >= 11 is 0. The Kier molecular flexibility index (Phi) is 5.18. The molecule has 1 aromatic heterocycles. The maximum atomic E-state index is 8.57. The van der Waals surface area contributed by atoms with Crippen molar-refractivity contribution in [1.82, 2.24) is 4.98 Å². The molecule has 0 saturated carbocycles. The summed E-state index contributed by atoms with van der Waals surface area (Å²) in [6.45, 7) is 0.326. The topological polar surface area (TPSA) is 33.1 Å². The van der Waals surface area contributed by atoms with Crippen LogP contribution >= 0.6 is 0 Å². The number of unbranched alkanes of at least 4 members (excludes halogenated alkanes) is 3. The number of hydrogen-bond donors (Lipinski definition) is 1. The van der Waals surface area contributed by atoms with Gasteiger partial charge in [0.05, 0.1) is 0 Å². The Morgan fingerprint density at radius 2 is 2.00 bits per heavy atom. The van der Waals surface area contributed by atoms with Crippen molar-refractivity contribution in [3.05, 3.63) is 30.1 Å². The largest absolute Gasteiger partial charge is 0.396 e. The number of aliphatic hydroxyl groups is 1. The molecule has 0 amide bonds. The Balaban J connectivity index is 2.07. The van der Waals surface area contributed by atoms with E-state index in [4.69, 9.17) is 5.11 Å².